The van der Waals surface area contributed by atoms with Crippen molar-refractivity contribution in [1.82, 2.24) is 0 Å². The van der Waals surface area contributed by atoms with Crippen LogP contribution in [-0.2, 0) is 0 Å². The molecule has 0 N–H and O–H groups in total. The summed E-state index contributed by atoms with van der Waals surface area (Å²) in [6.45, 7) is 0. The molecule has 128 valence electrons. The first-order valence-electron chi connectivity index (χ1n) is 9.06. The lowest BCUT2D eigenvalue weighted by Gasteiger charge is -2.13. The molecule has 5 rings (SSSR count). The van der Waals surface area contributed by atoms with Gasteiger partial charge in [-0.3, -0.25) is 0 Å². The Morgan fingerprint density at radius 2 is 1.07 bits per heavy atom. The second-order valence-electron chi connectivity index (χ2n) is 6.79. The molecule has 5 aromatic rings. The largest absolute Gasteiger partial charge is 0.0843 e. The molecule has 0 bridgehead atoms. The van der Waals surface area contributed by atoms with Gasteiger partial charge in [-0.15, -0.1) is 0 Å². The lowest BCUT2D eigenvalue weighted by atomic mass is 9.92. The minimum absolute atomic E-state index is 0.753. The van der Waals surface area contributed by atoms with Gasteiger partial charge in [0, 0.05) is 5.02 Å². The third-order valence-electron chi connectivity index (χ3n) is 5.08. The molecule has 0 atom stereocenters. The first-order chi connectivity index (χ1) is 13.3. The highest BCUT2D eigenvalue weighted by Crippen LogP contribution is 2.37. The molecule has 0 aliphatic heterocycles. The fourth-order valence-electron chi connectivity index (χ4n) is 3.84. The quantitative estimate of drug-likeness (QED) is 0.278. The van der Waals surface area contributed by atoms with Gasteiger partial charge in [-0.1, -0.05) is 90.5 Å². The van der Waals surface area contributed by atoms with Crippen LogP contribution < -0.4 is 0 Å². The predicted molar refractivity (Wildman–Crippen MR) is 117 cm³/mol. The standard InChI is InChI=1S/C26H17Cl/c27-22-15-20(18-8-2-1-3-9-18)14-21(16-22)26-17-19-10-4-5-11-23(19)24-12-6-7-13-25(24)26/h1-17H. The second-order valence-corrected chi connectivity index (χ2v) is 7.22. The van der Waals surface area contributed by atoms with Crippen molar-refractivity contribution in [3.05, 3.63) is 108 Å². The normalized spacial score (nSPS) is 11.1. The predicted octanol–water partition coefficient (Wildman–Crippen LogP) is 7.98. The zero-order chi connectivity index (χ0) is 18.2. The van der Waals surface area contributed by atoms with Crippen LogP contribution in [0.3, 0.4) is 0 Å². The van der Waals surface area contributed by atoms with Crippen LogP contribution in [0.2, 0.25) is 5.02 Å². The van der Waals surface area contributed by atoms with E-state index in [0.29, 0.717) is 0 Å². The van der Waals surface area contributed by atoms with E-state index in [1.165, 1.54) is 32.7 Å². The van der Waals surface area contributed by atoms with E-state index in [1.54, 1.807) is 0 Å². The monoisotopic (exact) mass is 364 g/mol. The average molecular weight is 365 g/mol. The highest BCUT2D eigenvalue weighted by atomic mass is 35.5. The van der Waals surface area contributed by atoms with Crippen molar-refractivity contribution in [3.63, 3.8) is 0 Å². The molecule has 1 heteroatoms. The summed E-state index contributed by atoms with van der Waals surface area (Å²) in [4.78, 5) is 0. The van der Waals surface area contributed by atoms with Crippen molar-refractivity contribution in [1.29, 1.82) is 0 Å². The Balaban J connectivity index is 1.82. The number of fused-ring (bicyclic) bond motifs is 3. The molecule has 0 aliphatic rings. The summed E-state index contributed by atoms with van der Waals surface area (Å²) < 4.78 is 0. The topological polar surface area (TPSA) is 0 Å². The van der Waals surface area contributed by atoms with Crippen molar-refractivity contribution in [3.8, 4) is 22.3 Å². The molecule has 0 saturated carbocycles. The number of hydrogen-bond donors (Lipinski definition) is 0. The molecule has 0 unspecified atom stereocenters. The fourth-order valence-corrected chi connectivity index (χ4v) is 4.07. The third kappa shape index (κ3) is 2.89. The van der Waals surface area contributed by atoms with Crippen molar-refractivity contribution in [2.45, 2.75) is 0 Å². The minimum atomic E-state index is 0.753. The van der Waals surface area contributed by atoms with Crippen molar-refractivity contribution in [2.24, 2.45) is 0 Å². The molecule has 0 radical (unpaired) electrons. The summed E-state index contributed by atoms with van der Waals surface area (Å²) in [6, 6.07) is 36.1. The highest BCUT2D eigenvalue weighted by Gasteiger charge is 2.10. The first-order valence-corrected chi connectivity index (χ1v) is 9.44. The van der Waals surface area contributed by atoms with E-state index in [-0.39, 0.29) is 0 Å². The molecule has 5 aromatic carbocycles. The van der Waals surface area contributed by atoms with Gasteiger partial charge in [-0.25, -0.2) is 0 Å². The molecule has 0 nitrogen and oxygen atoms in total. The Morgan fingerprint density at radius 3 is 1.89 bits per heavy atom. The van der Waals surface area contributed by atoms with Crippen LogP contribution in [0, 0.1) is 0 Å². The van der Waals surface area contributed by atoms with E-state index in [0.717, 1.165) is 16.1 Å². The number of halogens is 1. The molecule has 0 heterocycles. The van der Waals surface area contributed by atoms with Crippen LogP contribution >= 0.6 is 11.6 Å². The van der Waals surface area contributed by atoms with Gasteiger partial charge in [0.15, 0.2) is 0 Å². The van der Waals surface area contributed by atoms with Crippen molar-refractivity contribution < 1.29 is 0 Å². The fraction of sp³-hybridized carbons (Fsp3) is 0. The first kappa shape index (κ1) is 16.1. The molecule has 0 aliphatic carbocycles. The van der Waals surface area contributed by atoms with E-state index in [1.807, 2.05) is 12.1 Å². The maximum atomic E-state index is 6.52. The van der Waals surface area contributed by atoms with Crippen LogP contribution in [0.1, 0.15) is 0 Å². The van der Waals surface area contributed by atoms with E-state index >= 15 is 0 Å². The molecule has 0 amide bonds. The summed E-state index contributed by atoms with van der Waals surface area (Å²) >= 11 is 6.52. The third-order valence-corrected chi connectivity index (χ3v) is 5.30. The Hall–Kier alpha value is -3.09. The van der Waals surface area contributed by atoms with E-state index in [4.69, 9.17) is 11.6 Å². The van der Waals surface area contributed by atoms with Crippen LogP contribution in [-0.4, -0.2) is 0 Å². The molecule has 27 heavy (non-hydrogen) atoms. The van der Waals surface area contributed by atoms with E-state index in [9.17, 15) is 0 Å². The van der Waals surface area contributed by atoms with Crippen molar-refractivity contribution in [2.75, 3.05) is 0 Å². The second kappa shape index (κ2) is 6.57. The summed E-state index contributed by atoms with van der Waals surface area (Å²) in [5.41, 5.74) is 4.66. The summed E-state index contributed by atoms with van der Waals surface area (Å²) in [5.74, 6) is 0. The zero-order valence-electron chi connectivity index (χ0n) is 14.7. The van der Waals surface area contributed by atoms with Gasteiger partial charge in [0.05, 0.1) is 0 Å². The van der Waals surface area contributed by atoms with Crippen LogP contribution in [0.4, 0.5) is 0 Å². The minimum Gasteiger partial charge on any atom is -0.0843 e. The van der Waals surface area contributed by atoms with Crippen LogP contribution in [0.5, 0.6) is 0 Å². The van der Waals surface area contributed by atoms with Gasteiger partial charge >= 0.3 is 0 Å². The van der Waals surface area contributed by atoms with Gasteiger partial charge in [0.25, 0.3) is 0 Å². The molecular weight excluding hydrogens is 348 g/mol. The molecule has 0 spiro atoms. The van der Waals surface area contributed by atoms with Gasteiger partial charge in [-0.05, 0) is 68.1 Å². The Morgan fingerprint density at radius 1 is 0.444 bits per heavy atom. The Labute approximate surface area is 163 Å². The smallest absolute Gasteiger partial charge is 0.0418 e. The average Bonchev–Trinajstić information content (AvgIpc) is 2.73. The van der Waals surface area contributed by atoms with E-state index < -0.39 is 0 Å². The van der Waals surface area contributed by atoms with Gasteiger partial charge in [-0.2, -0.15) is 0 Å². The Kier molecular flexibility index (Phi) is 3.92. The number of benzene rings is 5. The SMILES string of the molecule is Clc1cc(-c2ccccc2)cc(-c2cc3ccccc3c3ccccc23)c1. The highest BCUT2D eigenvalue weighted by molar-refractivity contribution is 6.31. The number of rotatable bonds is 2. The summed E-state index contributed by atoms with van der Waals surface area (Å²) in [7, 11) is 0. The summed E-state index contributed by atoms with van der Waals surface area (Å²) in [6.07, 6.45) is 0. The molecule has 0 aromatic heterocycles. The Bertz CT molecular complexity index is 1270. The summed E-state index contributed by atoms with van der Waals surface area (Å²) in [5, 5.41) is 5.79. The molecule has 0 fully saturated rings. The van der Waals surface area contributed by atoms with Crippen LogP contribution in [0.25, 0.3) is 43.8 Å². The van der Waals surface area contributed by atoms with Gasteiger partial charge < -0.3 is 0 Å². The maximum absolute atomic E-state index is 6.52. The maximum Gasteiger partial charge on any atom is 0.0418 e. The molecular formula is C26H17Cl. The van der Waals surface area contributed by atoms with Crippen molar-refractivity contribution >= 4 is 33.1 Å². The lowest BCUT2D eigenvalue weighted by Crippen LogP contribution is -1.86. The van der Waals surface area contributed by atoms with Gasteiger partial charge in [0.1, 0.15) is 0 Å². The zero-order valence-corrected chi connectivity index (χ0v) is 15.4. The lowest BCUT2D eigenvalue weighted by molar-refractivity contribution is 1.61. The molecule has 0 saturated heterocycles. The van der Waals surface area contributed by atoms with Gasteiger partial charge in [0.2, 0.25) is 0 Å². The van der Waals surface area contributed by atoms with E-state index in [2.05, 4.69) is 91.0 Å². The van der Waals surface area contributed by atoms with Crippen LogP contribution in [0.15, 0.2) is 103 Å². The number of hydrogen-bond acceptors (Lipinski definition) is 0.